The van der Waals surface area contributed by atoms with Crippen molar-refractivity contribution in [1.82, 2.24) is 9.80 Å². The van der Waals surface area contributed by atoms with Gasteiger partial charge in [0.2, 0.25) is 5.91 Å². The average Bonchev–Trinajstić information content (AvgIpc) is 3.32. The number of anilines is 1. The van der Waals surface area contributed by atoms with Crippen molar-refractivity contribution in [1.29, 1.82) is 0 Å². The molecule has 2 saturated heterocycles. The molecule has 2 aliphatic rings. The second-order valence-corrected chi connectivity index (χ2v) is 9.11. The van der Waals surface area contributed by atoms with E-state index in [-0.39, 0.29) is 18.1 Å². The minimum atomic E-state index is -5.08. The molecule has 0 unspecified atom stereocenters. The van der Waals surface area contributed by atoms with Crippen molar-refractivity contribution in [2.75, 3.05) is 38.0 Å². The van der Waals surface area contributed by atoms with Crippen LogP contribution < -0.4 is 11.1 Å². The molecule has 0 spiro atoms. The van der Waals surface area contributed by atoms with Gasteiger partial charge in [0, 0.05) is 37.8 Å². The molecule has 4 rings (SSSR count). The molecule has 9 nitrogen and oxygen atoms in total. The Morgan fingerprint density at radius 1 is 0.974 bits per heavy atom. The van der Waals surface area contributed by atoms with Crippen LogP contribution in [0.4, 0.5) is 23.7 Å². The number of halogens is 3. The molecule has 0 saturated carbocycles. The maximum atomic E-state index is 12.5. The first-order chi connectivity index (χ1) is 18.0. The zero-order chi connectivity index (χ0) is 27.7. The Labute approximate surface area is 218 Å². The number of hydrogen-bond donors (Lipinski definition) is 3. The standard InChI is InChI=1S/C24H30N4O3.C2HF3O2/c25-19-10-15-28(16-19)23(29)17-27-13-11-20(12-14-27)31-24(30)26-22-9-5-4-8-21(22)18-6-2-1-3-7-18;3-2(4,5)1(6)7/h1-9,19-20H,10-17,25H2,(H,26,30);(H,6,7)/t19-;/m1./s1. The summed E-state index contributed by atoms with van der Waals surface area (Å²) in [5, 5.41) is 10.0. The largest absolute Gasteiger partial charge is 0.490 e. The number of nitrogens with zero attached hydrogens (tertiary/aromatic N) is 2. The number of piperidine rings is 1. The molecule has 2 fully saturated rings. The Hall–Kier alpha value is -3.64. The highest BCUT2D eigenvalue weighted by Crippen LogP contribution is 2.28. The molecule has 2 aromatic rings. The number of carbonyl (C=O) groups is 3. The zero-order valence-corrected chi connectivity index (χ0v) is 20.7. The van der Waals surface area contributed by atoms with E-state index < -0.39 is 18.2 Å². The van der Waals surface area contributed by atoms with Gasteiger partial charge < -0.3 is 20.5 Å². The van der Waals surface area contributed by atoms with Crippen molar-refractivity contribution in [2.45, 2.75) is 37.6 Å². The molecule has 4 N–H and O–H groups in total. The molecular weight excluding hydrogens is 505 g/mol. The van der Waals surface area contributed by atoms with Crippen LogP contribution in [0.25, 0.3) is 11.1 Å². The number of carboxylic acids is 1. The van der Waals surface area contributed by atoms with E-state index in [0.717, 1.165) is 55.7 Å². The van der Waals surface area contributed by atoms with Crippen molar-refractivity contribution in [3.05, 3.63) is 54.6 Å². The number of rotatable bonds is 5. The fourth-order valence-electron chi connectivity index (χ4n) is 4.24. The Kier molecular flexibility index (Phi) is 10.1. The molecule has 1 atom stereocenters. The molecule has 0 radical (unpaired) electrons. The lowest BCUT2D eigenvalue weighted by Crippen LogP contribution is -2.45. The average molecular weight is 537 g/mol. The predicted molar refractivity (Wildman–Crippen MR) is 134 cm³/mol. The first-order valence-electron chi connectivity index (χ1n) is 12.2. The molecule has 0 bridgehead atoms. The number of ether oxygens (including phenoxy) is 1. The van der Waals surface area contributed by atoms with Gasteiger partial charge in [0.1, 0.15) is 6.10 Å². The van der Waals surface area contributed by atoms with Crippen molar-refractivity contribution in [2.24, 2.45) is 5.73 Å². The van der Waals surface area contributed by atoms with Gasteiger partial charge in [-0.15, -0.1) is 0 Å². The van der Waals surface area contributed by atoms with E-state index in [1.54, 1.807) is 0 Å². The topological polar surface area (TPSA) is 125 Å². The lowest BCUT2D eigenvalue weighted by Gasteiger charge is -2.32. The molecule has 38 heavy (non-hydrogen) atoms. The van der Waals surface area contributed by atoms with Crippen LogP contribution in [0.2, 0.25) is 0 Å². The van der Waals surface area contributed by atoms with E-state index in [2.05, 4.69) is 10.2 Å². The van der Waals surface area contributed by atoms with Crippen LogP contribution in [-0.4, -0.2) is 83.9 Å². The number of para-hydroxylation sites is 1. The number of benzene rings is 2. The van der Waals surface area contributed by atoms with E-state index in [4.69, 9.17) is 20.4 Å². The summed E-state index contributed by atoms with van der Waals surface area (Å²) in [6.07, 6.45) is -3.34. The summed E-state index contributed by atoms with van der Waals surface area (Å²) in [6, 6.07) is 17.7. The highest BCUT2D eigenvalue weighted by Gasteiger charge is 2.38. The fraction of sp³-hybridized carbons (Fsp3) is 0.423. The molecule has 2 aromatic carbocycles. The van der Waals surface area contributed by atoms with E-state index in [0.29, 0.717) is 13.1 Å². The molecule has 2 aliphatic heterocycles. The minimum absolute atomic E-state index is 0.105. The van der Waals surface area contributed by atoms with Gasteiger partial charge in [0.25, 0.3) is 0 Å². The Balaban J connectivity index is 0.000000505. The van der Waals surface area contributed by atoms with Crippen LogP contribution in [0.15, 0.2) is 54.6 Å². The molecule has 0 aromatic heterocycles. The van der Waals surface area contributed by atoms with Crippen LogP contribution in [0.1, 0.15) is 19.3 Å². The van der Waals surface area contributed by atoms with Crippen LogP contribution >= 0.6 is 0 Å². The number of nitrogens with one attached hydrogen (secondary N) is 1. The second-order valence-electron chi connectivity index (χ2n) is 9.11. The minimum Gasteiger partial charge on any atom is -0.475 e. The molecule has 12 heteroatoms. The molecule has 2 amide bonds. The fourth-order valence-corrected chi connectivity index (χ4v) is 4.24. The van der Waals surface area contributed by atoms with Crippen molar-refractivity contribution in [3.63, 3.8) is 0 Å². The van der Waals surface area contributed by atoms with Gasteiger partial charge in [-0.3, -0.25) is 15.0 Å². The second kappa shape index (κ2) is 13.2. The summed E-state index contributed by atoms with van der Waals surface area (Å²) in [5.41, 5.74) is 8.61. The van der Waals surface area contributed by atoms with Gasteiger partial charge in [-0.05, 0) is 30.9 Å². The summed E-state index contributed by atoms with van der Waals surface area (Å²) >= 11 is 0. The van der Waals surface area contributed by atoms with Gasteiger partial charge in [-0.25, -0.2) is 9.59 Å². The van der Waals surface area contributed by atoms with Gasteiger partial charge in [0.05, 0.1) is 12.2 Å². The first kappa shape index (κ1) is 28.9. The van der Waals surface area contributed by atoms with Crippen LogP contribution in [-0.2, 0) is 14.3 Å². The number of amides is 2. The number of likely N-dealkylation sites (tertiary alicyclic amines) is 2. The maximum Gasteiger partial charge on any atom is 0.490 e. The summed E-state index contributed by atoms with van der Waals surface area (Å²) in [6.45, 7) is 3.30. The third-order valence-corrected chi connectivity index (χ3v) is 6.24. The summed E-state index contributed by atoms with van der Waals surface area (Å²) in [4.78, 5) is 37.8. The van der Waals surface area contributed by atoms with Gasteiger partial charge >= 0.3 is 18.2 Å². The lowest BCUT2D eigenvalue weighted by molar-refractivity contribution is -0.192. The summed E-state index contributed by atoms with van der Waals surface area (Å²) in [7, 11) is 0. The van der Waals surface area contributed by atoms with Gasteiger partial charge in [-0.1, -0.05) is 48.5 Å². The number of alkyl halides is 3. The number of nitrogens with two attached hydrogens (primary N) is 1. The normalized spacial score (nSPS) is 18.3. The number of carboxylic acid groups (broad SMARTS) is 1. The van der Waals surface area contributed by atoms with E-state index in [1.807, 2.05) is 59.5 Å². The van der Waals surface area contributed by atoms with Crippen molar-refractivity contribution in [3.8, 4) is 11.1 Å². The Morgan fingerprint density at radius 2 is 1.58 bits per heavy atom. The molecular formula is C26H31F3N4O5. The Bertz CT molecular complexity index is 1090. The van der Waals surface area contributed by atoms with Crippen LogP contribution in [0, 0.1) is 0 Å². The lowest BCUT2D eigenvalue weighted by atomic mass is 10.0. The highest BCUT2D eigenvalue weighted by molar-refractivity contribution is 5.91. The third-order valence-electron chi connectivity index (χ3n) is 6.24. The first-order valence-corrected chi connectivity index (χ1v) is 12.2. The van der Waals surface area contributed by atoms with Crippen LogP contribution in [0.3, 0.4) is 0 Å². The number of aliphatic carboxylic acids is 1. The Morgan fingerprint density at radius 3 is 2.16 bits per heavy atom. The van der Waals surface area contributed by atoms with Crippen molar-refractivity contribution >= 4 is 23.7 Å². The molecule has 206 valence electrons. The SMILES string of the molecule is N[C@@H]1CCN(C(=O)CN2CCC(OC(=O)Nc3ccccc3-c3ccccc3)CC2)C1.O=C(O)C(F)(F)F. The predicted octanol–water partition coefficient (Wildman–Crippen LogP) is 3.56. The van der Waals surface area contributed by atoms with E-state index in [1.165, 1.54) is 0 Å². The summed E-state index contributed by atoms with van der Waals surface area (Å²) < 4.78 is 37.4. The number of carbonyl (C=O) groups excluding carboxylic acids is 2. The highest BCUT2D eigenvalue weighted by atomic mass is 19.4. The van der Waals surface area contributed by atoms with Gasteiger partial charge in [-0.2, -0.15) is 13.2 Å². The monoisotopic (exact) mass is 536 g/mol. The zero-order valence-electron chi connectivity index (χ0n) is 20.7. The summed E-state index contributed by atoms with van der Waals surface area (Å²) in [5.74, 6) is -2.62. The van der Waals surface area contributed by atoms with Gasteiger partial charge in [0.15, 0.2) is 0 Å². The van der Waals surface area contributed by atoms with Crippen molar-refractivity contribution < 1.29 is 37.4 Å². The molecule has 0 aliphatic carbocycles. The van der Waals surface area contributed by atoms with E-state index >= 15 is 0 Å². The van der Waals surface area contributed by atoms with Crippen LogP contribution in [0.5, 0.6) is 0 Å². The molecule has 2 heterocycles. The smallest absolute Gasteiger partial charge is 0.475 e. The quantitative estimate of drug-likeness (QED) is 0.534. The third kappa shape index (κ3) is 8.73. The van der Waals surface area contributed by atoms with E-state index in [9.17, 15) is 22.8 Å². The maximum absolute atomic E-state index is 12.5. The number of hydrogen-bond acceptors (Lipinski definition) is 6.